The Balaban J connectivity index is 1.89. The molecule has 0 aliphatic carbocycles. The summed E-state index contributed by atoms with van der Waals surface area (Å²) in [4.78, 5) is 2.54. The van der Waals surface area contributed by atoms with Gasteiger partial charge in [0.15, 0.2) is 0 Å². The van der Waals surface area contributed by atoms with Gasteiger partial charge in [-0.3, -0.25) is 4.90 Å². The Kier molecular flexibility index (Phi) is 5.89. The second-order valence-corrected chi connectivity index (χ2v) is 5.47. The van der Waals surface area contributed by atoms with Gasteiger partial charge in [-0.1, -0.05) is 6.92 Å². The fourth-order valence-corrected chi connectivity index (χ4v) is 3.27. The van der Waals surface area contributed by atoms with E-state index >= 15 is 0 Å². The van der Waals surface area contributed by atoms with Gasteiger partial charge in [0.25, 0.3) is 0 Å². The zero-order chi connectivity index (χ0) is 12.8. The van der Waals surface area contributed by atoms with E-state index in [1.54, 1.807) is 0 Å². The van der Waals surface area contributed by atoms with Crippen molar-refractivity contribution < 1.29 is 9.47 Å². The quantitative estimate of drug-likeness (QED) is 0.799. The third-order valence-corrected chi connectivity index (χ3v) is 4.23. The van der Waals surface area contributed by atoms with Crippen LogP contribution in [0.4, 0.5) is 0 Å². The lowest BCUT2D eigenvalue weighted by Crippen LogP contribution is -2.55. The topological polar surface area (TPSA) is 33.7 Å². The van der Waals surface area contributed by atoms with E-state index in [0.717, 1.165) is 32.9 Å². The van der Waals surface area contributed by atoms with E-state index in [-0.39, 0.29) is 0 Å². The van der Waals surface area contributed by atoms with Crippen molar-refractivity contribution in [3.8, 4) is 0 Å². The van der Waals surface area contributed by atoms with Gasteiger partial charge >= 0.3 is 0 Å². The number of ether oxygens (including phenoxy) is 2. The summed E-state index contributed by atoms with van der Waals surface area (Å²) in [7, 11) is 2.07. The smallest absolute Gasteiger partial charge is 0.0857 e. The fourth-order valence-electron chi connectivity index (χ4n) is 3.27. The second-order valence-electron chi connectivity index (χ2n) is 5.47. The molecule has 2 fully saturated rings. The number of morpholine rings is 1. The van der Waals surface area contributed by atoms with E-state index in [0.29, 0.717) is 18.1 Å². The molecule has 0 radical (unpaired) electrons. The predicted molar refractivity (Wildman–Crippen MR) is 72.9 cm³/mol. The molecule has 2 rings (SSSR count). The Hall–Kier alpha value is -0.160. The molecule has 2 heterocycles. The Morgan fingerprint density at radius 2 is 2.06 bits per heavy atom. The van der Waals surface area contributed by atoms with E-state index in [1.807, 2.05) is 0 Å². The van der Waals surface area contributed by atoms with Crippen LogP contribution in [0.15, 0.2) is 0 Å². The molecule has 4 nitrogen and oxygen atoms in total. The van der Waals surface area contributed by atoms with E-state index in [4.69, 9.17) is 9.47 Å². The zero-order valence-electron chi connectivity index (χ0n) is 11.9. The Bertz CT molecular complexity index is 230. The molecule has 4 heteroatoms. The molecule has 0 amide bonds. The number of hydrogen-bond donors (Lipinski definition) is 1. The summed E-state index contributed by atoms with van der Waals surface area (Å²) in [5, 5.41) is 3.50. The highest BCUT2D eigenvalue weighted by molar-refractivity contribution is 4.88. The maximum Gasteiger partial charge on any atom is 0.0857 e. The number of nitrogens with one attached hydrogen (secondary N) is 1. The molecular formula is C14H28N2O2. The highest BCUT2D eigenvalue weighted by Crippen LogP contribution is 2.23. The van der Waals surface area contributed by atoms with Crippen molar-refractivity contribution in [3.05, 3.63) is 0 Å². The van der Waals surface area contributed by atoms with E-state index < -0.39 is 0 Å². The largest absolute Gasteiger partial charge is 0.381 e. The third-order valence-electron chi connectivity index (χ3n) is 4.23. The van der Waals surface area contributed by atoms with Crippen LogP contribution < -0.4 is 5.32 Å². The summed E-state index contributed by atoms with van der Waals surface area (Å²) >= 11 is 0. The first kappa shape index (κ1) is 14.3. The van der Waals surface area contributed by atoms with Crippen LogP contribution in [0, 0.1) is 5.92 Å². The van der Waals surface area contributed by atoms with Gasteiger partial charge in [-0.2, -0.15) is 0 Å². The van der Waals surface area contributed by atoms with Gasteiger partial charge in [-0.15, -0.1) is 0 Å². The minimum Gasteiger partial charge on any atom is -0.381 e. The molecule has 2 unspecified atom stereocenters. The summed E-state index contributed by atoms with van der Waals surface area (Å²) in [6, 6.07) is 0.480. The Morgan fingerprint density at radius 3 is 2.72 bits per heavy atom. The lowest BCUT2D eigenvalue weighted by atomic mass is 9.87. The van der Waals surface area contributed by atoms with E-state index in [2.05, 4.69) is 24.2 Å². The first-order valence-corrected chi connectivity index (χ1v) is 7.44. The maximum atomic E-state index is 6.02. The van der Waals surface area contributed by atoms with Crippen LogP contribution in [-0.2, 0) is 9.47 Å². The molecule has 0 aromatic rings. The Morgan fingerprint density at radius 1 is 1.28 bits per heavy atom. The molecule has 0 bridgehead atoms. The molecule has 2 aliphatic heterocycles. The second kappa shape index (κ2) is 7.43. The molecule has 106 valence electrons. The first-order valence-electron chi connectivity index (χ1n) is 7.44. The van der Waals surface area contributed by atoms with Gasteiger partial charge in [0.2, 0.25) is 0 Å². The molecule has 0 spiro atoms. The molecule has 0 saturated carbocycles. The molecule has 2 aliphatic rings. The van der Waals surface area contributed by atoms with Gasteiger partial charge in [-0.25, -0.2) is 0 Å². The van der Waals surface area contributed by atoms with Crippen LogP contribution in [0.25, 0.3) is 0 Å². The normalized spacial score (nSPS) is 29.3. The average molecular weight is 256 g/mol. The van der Waals surface area contributed by atoms with Crippen LogP contribution >= 0.6 is 0 Å². The lowest BCUT2D eigenvalue weighted by Gasteiger charge is -2.40. The summed E-state index contributed by atoms with van der Waals surface area (Å²) in [5.41, 5.74) is 0. The first-order chi connectivity index (χ1) is 8.85. The Labute approximate surface area is 111 Å². The maximum absolute atomic E-state index is 6.02. The monoisotopic (exact) mass is 256 g/mol. The van der Waals surface area contributed by atoms with Crippen molar-refractivity contribution in [1.29, 1.82) is 0 Å². The van der Waals surface area contributed by atoms with E-state index in [1.165, 1.54) is 25.8 Å². The molecule has 18 heavy (non-hydrogen) atoms. The molecule has 2 saturated heterocycles. The van der Waals surface area contributed by atoms with Gasteiger partial charge < -0.3 is 14.8 Å². The average Bonchev–Trinajstić information content (AvgIpc) is 2.42. The summed E-state index contributed by atoms with van der Waals surface area (Å²) in [6.45, 7) is 8.32. The standard InChI is InChI=1S/C14H28N2O2/c1-3-6-16-7-10-18-13(11-16)14(15-2)12-4-8-17-9-5-12/h12-15H,3-11H2,1-2H3. The number of nitrogens with zero attached hydrogens (tertiary/aromatic N) is 1. The van der Waals surface area contributed by atoms with Crippen molar-refractivity contribution >= 4 is 0 Å². The number of likely N-dealkylation sites (N-methyl/N-ethyl adjacent to an activating group) is 1. The summed E-state index contributed by atoms with van der Waals surface area (Å²) in [6.07, 6.45) is 3.91. The molecule has 0 aromatic heterocycles. The van der Waals surface area contributed by atoms with Crippen molar-refractivity contribution in [2.24, 2.45) is 5.92 Å². The number of rotatable bonds is 5. The summed E-state index contributed by atoms with van der Waals surface area (Å²) in [5.74, 6) is 0.704. The van der Waals surface area contributed by atoms with Crippen molar-refractivity contribution in [2.75, 3.05) is 46.5 Å². The van der Waals surface area contributed by atoms with Crippen LogP contribution in [0.3, 0.4) is 0 Å². The van der Waals surface area contributed by atoms with Crippen LogP contribution in [0.1, 0.15) is 26.2 Å². The molecular weight excluding hydrogens is 228 g/mol. The third kappa shape index (κ3) is 3.67. The molecule has 1 N–H and O–H groups in total. The summed E-state index contributed by atoms with van der Waals surface area (Å²) < 4.78 is 11.5. The van der Waals surface area contributed by atoms with Gasteiger partial charge in [0.1, 0.15) is 0 Å². The molecule has 2 atom stereocenters. The lowest BCUT2D eigenvalue weighted by molar-refractivity contribution is -0.0656. The van der Waals surface area contributed by atoms with E-state index in [9.17, 15) is 0 Å². The fraction of sp³-hybridized carbons (Fsp3) is 1.00. The van der Waals surface area contributed by atoms with Crippen molar-refractivity contribution in [3.63, 3.8) is 0 Å². The van der Waals surface area contributed by atoms with Crippen LogP contribution in [-0.4, -0.2) is 63.5 Å². The zero-order valence-corrected chi connectivity index (χ0v) is 11.9. The number of hydrogen-bond acceptors (Lipinski definition) is 4. The van der Waals surface area contributed by atoms with Crippen LogP contribution in [0.5, 0.6) is 0 Å². The highest BCUT2D eigenvalue weighted by Gasteiger charge is 2.33. The SMILES string of the molecule is CCCN1CCOC(C(NC)C2CCOCC2)C1. The van der Waals surface area contributed by atoms with Gasteiger partial charge in [-0.05, 0) is 38.8 Å². The van der Waals surface area contributed by atoms with Crippen molar-refractivity contribution in [1.82, 2.24) is 10.2 Å². The highest BCUT2D eigenvalue weighted by atomic mass is 16.5. The van der Waals surface area contributed by atoms with Gasteiger partial charge in [0.05, 0.1) is 12.7 Å². The minimum absolute atomic E-state index is 0.346. The van der Waals surface area contributed by atoms with Crippen molar-refractivity contribution in [2.45, 2.75) is 38.3 Å². The predicted octanol–water partition coefficient (Wildman–Crippen LogP) is 1.11. The van der Waals surface area contributed by atoms with Gasteiger partial charge in [0, 0.05) is 32.3 Å². The minimum atomic E-state index is 0.346. The van der Waals surface area contributed by atoms with Crippen LogP contribution in [0.2, 0.25) is 0 Å². The molecule has 0 aromatic carbocycles.